The van der Waals surface area contributed by atoms with E-state index in [-0.39, 0.29) is 23.8 Å². The molecule has 1 fully saturated rings. The van der Waals surface area contributed by atoms with Crippen molar-refractivity contribution in [2.45, 2.75) is 39.7 Å². The number of hydroxylamine groups is 2. The molecule has 1 aliphatic heterocycles. The Labute approximate surface area is 113 Å². The summed E-state index contributed by atoms with van der Waals surface area (Å²) in [5.41, 5.74) is -0.496. The van der Waals surface area contributed by atoms with Crippen molar-refractivity contribution in [3.8, 4) is 0 Å². The fourth-order valence-electron chi connectivity index (χ4n) is 1.61. The minimum Gasteiger partial charge on any atom is -0.367 e. The molecule has 0 aromatic heterocycles. The van der Waals surface area contributed by atoms with Gasteiger partial charge in [-0.3, -0.25) is 4.79 Å². The average Bonchev–Trinajstić information content (AvgIpc) is 2.30. The maximum atomic E-state index is 11.7. The predicted octanol–water partition coefficient (Wildman–Crippen LogP) is 1.31. The van der Waals surface area contributed by atoms with Crippen molar-refractivity contribution in [1.29, 1.82) is 0 Å². The molecule has 0 bridgehead atoms. The SMILES string of the molecule is CC(C)(C)C(=O)ON1CCC(NC(=O)CCl)CC1. The van der Waals surface area contributed by atoms with Gasteiger partial charge in [0.15, 0.2) is 0 Å². The number of carbonyl (C=O) groups is 2. The molecule has 18 heavy (non-hydrogen) atoms. The molecule has 1 saturated heterocycles. The number of hydrogen-bond acceptors (Lipinski definition) is 4. The number of rotatable bonds is 3. The van der Waals surface area contributed by atoms with Crippen molar-refractivity contribution in [3.63, 3.8) is 0 Å². The standard InChI is InChI=1S/C12H21ClN2O3/c1-12(2,3)11(17)18-15-6-4-9(5-7-15)14-10(16)8-13/h9H,4-8H2,1-3H3,(H,14,16). The molecule has 1 N–H and O–H groups in total. The van der Waals surface area contributed by atoms with Gasteiger partial charge in [0, 0.05) is 19.1 Å². The largest absolute Gasteiger partial charge is 0.367 e. The van der Waals surface area contributed by atoms with Crippen LogP contribution in [0.15, 0.2) is 0 Å². The summed E-state index contributed by atoms with van der Waals surface area (Å²) < 4.78 is 0. The topological polar surface area (TPSA) is 58.6 Å². The first kappa shape index (κ1) is 15.2. The second-order valence-corrected chi connectivity index (χ2v) is 5.80. The van der Waals surface area contributed by atoms with E-state index in [2.05, 4.69) is 5.32 Å². The lowest BCUT2D eigenvalue weighted by atomic mass is 9.98. The number of carbonyl (C=O) groups excluding carboxylic acids is 2. The van der Waals surface area contributed by atoms with Gasteiger partial charge < -0.3 is 10.2 Å². The molecular weight excluding hydrogens is 256 g/mol. The molecule has 1 aliphatic rings. The Morgan fingerprint density at radius 1 is 1.33 bits per heavy atom. The molecular formula is C12H21ClN2O3. The van der Waals surface area contributed by atoms with Crippen molar-refractivity contribution >= 4 is 23.5 Å². The van der Waals surface area contributed by atoms with Gasteiger partial charge in [-0.15, -0.1) is 16.7 Å². The smallest absolute Gasteiger partial charge is 0.330 e. The molecule has 0 saturated carbocycles. The van der Waals surface area contributed by atoms with Crippen molar-refractivity contribution in [2.75, 3.05) is 19.0 Å². The second-order valence-electron chi connectivity index (χ2n) is 5.53. The van der Waals surface area contributed by atoms with Crippen LogP contribution in [0.25, 0.3) is 0 Å². The third kappa shape index (κ3) is 4.82. The lowest BCUT2D eigenvalue weighted by Crippen LogP contribution is -2.46. The van der Waals surface area contributed by atoms with Crippen molar-refractivity contribution in [1.82, 2.24) is 10.4 Å². The summed E-state index contributed by atoms with van der Waals surface area (Å²) in [5, 5.41) is 4.50. The first-order valence-corrected chi connectivity index (χ1v) is 6.69. The summed E-state index contributed by atoms with van der Waals surface area (Å²) >= 11 is 5.43. The van der Waals surface area contributed by atoms with E-state index in [9.17, 15) is 9.59 Å². The third-order valence-corrected chi connectivity index (χ3v) is 3.01. The highest BCUT2D eigenvalue weighted by Crippen LogP contribution is 2.18. The van der Waals surface area contributed by atoms with Crippen LogP contribution in [-0.4, -0.2) is 42.0 Å². The average molecular weight is 277 g/mol. The third-order valence-electron chi connectivity index (χ3n) is 2.76. The monoisotopic (exact) mass is 276 g/mol. The van der Waals surface area contributed by atoms with Gasteiger partial charge in [0.25, 0.3) is 0 Å². The highest BCUT2D eigenvalue weighted by Gasteiger charge is 2.28. The van der Waals surface area contributed by atoms with Gasteiger partial charge in [-0.1, -0.05) is 0 Å². The highest BCUT2D eigenvalue weighted by molar-refractivity contribution is 6.27. The zero-order valence-electron chi connectivity index (χ0n) is 11.2. The van der Waals surface area contributed by atoms with Crippen molar-refractivity contribution in [3.05, 3.63) is 0 Å². The molecule has 1 amide bonds. The van der Waals surface area contributed by atoms with E-state index in [1.54, 1.807) is 5.06 Å². The van der Waals surface area contributed by atoms with Crippen molar-refractivity contribution < 1.29 is 14.4 Å². The maximum Gasteiger partial charge on any atom is 0.330 e. The van der Waals surface area contributed by atoms with E-state index >= 15 is 0 Å². The van der Waals surface area contributed by atoms with Gasteiger partial charge in [-0.25, -0.2) is 4.79 Å². The Kier molecular flexibility index (Phi) is 5.41. The molecule has 1 heterocycles. The summed E-state index contributed by atoms with van der Waals surface area (Å²) in [5.74, 6) is -0.397. The Morgan fingerprint density at radius 2 is 1.89 bits per heavy atom. The van der Waals surface area contributed by atoms with Crippen LogP contribution in [0.3, 0.4) is 0 Å². The molecule has 0 spiro atoms. The van der Waals surface area contributed by atoms with E-state index in [0.29, 0.717) is 13.1 Å². The van der Waals surface area contributed by atoms with E-state index in [0.717, 1.165) is 12.8 Å². The van der Waals surface area contributed by atoms with E-state index in [4.69, 9.17) is 16.4 Å². The molecule has 0 aromatic rings. The van der Waals surface area contributed by atoms with Crippen LogP contribution in [0, 0.1) is 5.41 Å². The molecule has 0 unspecified atom stereocenters. The fraction of sp³-hybridized carbons (Fsp3) is 0.833. The zero-order valence-corrected chi connectivity index (χ0v) is 11.9. The van der Waals surface area contributed by atoms with Gasteiger partial charge in [0.05, 0.1) is 5.41 Å². The Bertz CT molecular complexity index is 307. The second kappa shape index (κ2) is 6.38. The Morgan fingerprint density at radius 3 is 2.33 bits per heavy atom. The highest BCUT2D eigenvalue weighted by atomic mass is 35.5. The normalized spacial score (nSPS) is 18.4. The summed E-state index contributed by atoms with van der Waals surface area (Å²) in [7, 11) is 0. The Hall–Kier alpha value is -0.810. The summed E-state index contributed by atoms with van der Waals surface area (Å²) in [6.45, 7) is 6.73. The van der Waals surface area contributed by atoms with E-state index < -0.39 is 5.41 Å². The van der Waals surface area contributed by atoms with E-state index in [1.165, 1.54) is 0 Å². The van der Waals surface area contributed by atoms with Gasteiger partial charge in [-0.05, 0) is 33.6 Å². The first-order chi connectivity index (χ1) is 8.32. The molecule has 0 atom stereocenters. The fourth-order valence-corrected chi connectivity index (χ4v) is 1.69. The number of alkyl halides is 1. The number of halogens is 1. The Balaban J connectivity index is 2.32. The van der Waals surface area contributed by atoms with Crippen LogP contribution in [0.5, 0.6) is 0 Å². The van der Waals surface area contributed by atoms with Crippen LogP contribution in [0.2, 0.25) is 0 Å². The number of piperidine rings is 1. The molecule has 104 valence electrons. The molecule has 0 aliphatic carbocycles. The van der Waals surface area contributed by atoms with Crippen LogP contribution < -0.4 is 5.32 Å². The van der Waals surface area contributed by atoms with Crippen LogP contribution in [0.4, 0.5) is 0 Å². The van der Waals surface area contributed by atoms with Gasteiger partial charge >= 0.3 is 5.97 Å². The summed E-state index contributed by atoms with van der Waals surface area (Å²) in [4.78, 5) is 28.1. The molecule has 0 radical (unpaired) electrons. The number of amides is 1. The molecule has 0 aromatic carbocycles. The van der Waals surface area contributed by atoms with Crippen LogP contribution in [0.1, 0.15) is 33.6 Å². The molecule has 6 heteroatoms. The van der Waals surface area contributed by atoms with Crippen LogP contribution >= 0.6 is 11.6 Å². The lowest BCUT2D eigenvalue weighted by Gasteiger charge is -2.32. The predicted molar refractivity (Wildman–Crippen MR) is 69.0 cm³/mol. The van der Waals surface area contributed by atoms with Gasteiger partial charge in [0.2, 0.25) is 5.91 Å². The maximum absolute atomic E-state index is 11.7. The molecule has 5 nitrogen and oxygen atoms in total. The van der Waals surface area contributed by atoms with Gasteiger partial charge in [-0.2, -0.15) is 0 Å². The lowest BCUT2D eigenvalue weighted by molar-refractivity contribution is -0.205. The van der Waals surface area contributed by atoms with Crippen LogP contribution in [-0.2, 0) is 14.4 Å². The minimum absolute atomic E-state index is 0.0147. The number of nitrogens with one attached hydrogen (secondary N) is 1. The van der Waals surface area contributed by atoms with Gasteiger partial charge in [0.1, 0.15) is 5.88 Å². The van der Waals surface area contributed by atoms with E-state index in [1.807, 2.05) is 20.8 Å². The molecule has 1 rings (SSSR count). The summed E-state index contributed by atoms with van der Waals surface area (Å²) in [6.07, 6.45) is 1.53. The number of nitrogens with zero attached hydrogens (tertiary/aromatic N) is 1. The minimum atomic E-state index is -0.496. The quantitative estimate of drug-likeness (QED) is 0.790. The summed E-state index contributed by atoms with van der Waals surface area (Å²) in [6, 6.07) is 0.126. The number of hydrogen-bond donors (Lipinski definition) is 1. The van der Waals surface area contributed by atoms with Crippen molar-refractivity contribution in [2.24, 2.45) is 5.41 Å². The zero-order chi connectivity index (χ0) is 13.8. The first-order valence-electron chi connectivity index (χ1n) is 6.15.